The number of halogens is 1. The van der Waals surface area contributed by atoms with E-state index in [1.54, 1.807) is 24.3 Å². The largest absolute Gasteiger partial charge is 0.293 e. The predicted octanol–water partition coefficient (Wildman–Crippen LogP) is 5.34. The fraction of sp³-hybridized carbons (Fsp3) is 0.0500. The van der Waals surface area contributed by atoms with Crippen LogP contribution in [0.2, 0.25) is 5.02 Å². The summed E-state index contributed by atoms with van der Waals surface area (Å²) < 4.78 is 0. The number of fused-ring (bicyclic) bond motifs is 3. The topological polar surface area (TPSA) is 17.1 Å². The standard InChI is InChI=1S/C20H13ClO/c21-14-11-9-13(10-12-14)20(22)19-17-7-3-1-5-15(17)16-6-2-4-8-18(16)19/h1-12,19H. The van der Waals surface area contributed by atoms with Gasteiger partial charge in [-0.1, -0.05) is 60.1 Å². The van der Waals surface area contributed by atoms with E-state index in [0.717, 1.165) is 22.3 Å². The van der Waals surface area contributed by atoms with E-state index in [1.165, 1.54) is 0 Å². The summed E-state index contributed by atoms with van der Waals surface area (Å²) in [5.74, 6) is -0.109. The first-order valence-corrected chi connectivity index (χ1v) is 7.61. The average molecular weight is 305 g/mol. The maximum Gasteiger partial charge on any atom is 0.174 e. The molecule has 0 unspecified atom stereocenters. The quantitative estimate of drug-likeness (QED) is 0.584. The molecule has 3 aromatic carbocycles. The molecular formula is C20H13ClO. The third-order valence-electron chi connectivity index (χ3n) is 4.22. The van der Waals surface area contributed by atoms with Crippen LogP contribution in [-0.4, -0.2) is 5.78 Å². The molecule has 4 rings (SSSR count). The van der Waals surface area contributed by atoms with E-state index in [-0.39, 0.29) is 11.7 Å². The Balaban J connectivity index is 1.88. The van der Waals surface area contributed by atoms with Gasteiger partial charge in [0, 0.05) is 10.6 Å². The van der Waals surface area contributed by atoms with Gasteiger partial charge in [-0.15, -0.1) is 0 Å². The van der Waals surface area contributed by atoms with E-state index >= 15 is 0 Å². The second-order valence-corrected chi connectivity index (χ2v) is 5.92. The number of Topliss-reactive ketones (excluding diaryl/α,β-unsaturated/α-hetero) is 1. The number of rotatable bonds is 2. The minimum atomic E-state index is -0.228. The van der Waals surface area contributed by atoms with Crippen molar-refractivity contribution >= 4 is 17.4 Å². The Labute approximate surface area is 134 Å². The van der Waals surface area contributed by atoms with Gasteiger partial charge in [0.25, 0.3) is 0 Å². The Bertz CT molecular complexity index is 819. The van der Waals surface area contributed by atoms with E-state index in [4.69, 9.17) is 11.6 Å². The van der Waals surface area contributed by atoms with Crippen molar-refractivity contribution in [2.45, 2.75) is 5.92 Å². The lowest BCUT2D eigenvalue weighted by atomic mass is 9.89. The molecule has 0 aromatic heterocycles. The summed E-state index contributed by atoms with van der Waals surface area (Å²) in [6.45, 7) is 0. The molecule has 0 aliphatic heterocycles. The molecule has 0 N–H and O–H groups in total. The summed E-state index contributed by atoms with van der Waals surface area (Å²) in [4.78, 5) is 13.0. The molecule has 1 nitrogen and oxygen atoms in total. The molecule has 1 aliphatic rings. The molecule has 3 aromatic rings. The van der Waals surface area contributed by atoms with Crippen LogP contribution in [0, 0.1) is 0 Å². The lowest BCUT2D eigenvalue weighted by molar-refractivity contribution is 0.0975. The third-order valence-corrected chi connectivity index (χ3v) is 4.48. The van der Waals surface area contributed by atoms with Crippen molar-refractivity contribution in [3.8, 4) is 11.1 Å². The van der Waals surface area contributed by atoms with Crippen LogP contribution in [0.4, 0.5) is 0 Å². The fourth-order valence-electron chi connectivity index (χ4n) is 3.22. The Morgan fingerprint density at radius 3 is 1.77 bits per heavy atom. The molecule has 0 bridgehead atoms. The second kappa shape index (κ2) is 5.11. The van der Waals surface area contributed by atoms with Gasteiger partial charge in [0.05, 0.1) is 5.92 Å². The molecular weight excluding hydrogens is 292 g/mol. The molecule has 0 fully saturated rings. The van der Waals surface area contributed by atoms with Gasteiger partial charge < -0.3 is 0 Å². The lowest BCUT2D eigenvalue weighted by Crippen LogP contribution is -2.11. The van der Waals surface area contributed by atoms with E-state index in [0.29, 0.717) is 10.6 Å². The molecule has 0 saturated carbocycles. The summed E-state index contributed by atoms with van der Waals surface area (Å²) in [5, 5.41) is 0.642. The average Bonchev–Trinajstić information content (AvgIpc) is 2.89. The normalized spacial score (nSPS) is 12.8. The highest BCUT2D eigenvalue weighted by Gasteiger charge is 2.33. The number of carbonyl (C=O) groups excluding carboxylic acids is 1. The molecule has 0 radical (unpaired) electrons. The van der Waals surface area contributed by atoms with Crippen molar-refractivity contribution in [3.05, 3.63) is 94.5 Å². The van der Waals surface area contributed by atoms with Crippen LogP contribution in [0.15, 0.2) is 72.8 Å². The van der Waals surface area contributed by atoms with E-state index in [2.05, 4.69) is 12.1 Å². The van der Waals surface area contributed by atoms with Crippen LogP contribution >= 0.6 is 11.6 Å². The smallest absolute Gasteiger partial charge is 0.174 e. The molecule has 22 heavy (non-hydrogen) atoms. The van der Waals surface area contributed by atoms with Gasteiger partial charge in [-0.05, 0) is 46.5 Å². The first-order valence-electron chi connectivity index (χ1n) is 7.24. The number of ketones is 1. The first kappa shape index (κ1) is 13.3. The minimum Gasteiger partial charge on any atom is -0.293 e. The van der Waals surface area contributed by atoms with Crippen LogP contribution in [0.3, 0.4) is 0 Å². The van der Waals surface area contributed by atoms with Crippen LogP contribution in [0.1, 0.15) is 27.4 Å². The summed E-state index contributed by atoms with van der Waals surface area (Å²) in [5.41, 5.74) is 5.18. The van der Waals surface area contributed by atoms with Crippen molar-refractivity contribution in [1.82, 2.24) is 0 Å². The van der Waals surface area contributed by atoms with E-state index in [1.807, 2.05) is 36.4 Å². The fourth-order valence-corrected chi connectivity index (χ4v) is 3.34. The summed E-state index contributed by atoms with van der Waals surface area (Å²) in [6.07, 6.45) is 0. The van der Waals surface area contributed by atoms with Crippen molar-refractivity contribution in [2.24, 2.45) is 0 Å². The summed E-state index contributed by atoms with van der Waals surface area (Å²) in [6, 6.07) is 23.4. The Kier molecular flexibility index (Phi) is 3.09. The molecule has 1 aliphatic carbocycles. The number of hydrogen-bond donors (Lipinski definition) is 0. The zero-order valence-electron chi connectivity index (χ0n) is 11.8. The maximum atomic E-state index is 13.0. The zero-order valence-corrected chi connectivity index (χ0v) is 12.5. The number of benzene rings is 3. The van der Waals surface area contributed by atoms with Gasteiger partial charge in [-0.25, -0.2) is 0 Å². The summed E-state index contributed by atoms with van der Waals surface area (Å²) >= 11 is 5.93. The van der Waals surface area contributed by atoms with E-state index < -0.39 is 0 Å². The Morgan fingerprint density at radius 1 is 0.727 bits per heavy atom. The van der Waals surface area contributed by atoms with Crippen LogP contribution in [-0.2, 0) is 0 Å². The first-order chi connectivity index (χ1) is 10.8. The monoisotopic (exact) mass is 304 g/mol. The van der Waals surface area contributed by atoms with Crippen LogP contribution in [0.25, 0.3) is 11.1 Å². The van der Waals surface area contributed by atoms with Gasteiger partial charge in [0.2, 0.25) is 0 Å². The van der Waals surface area contributed by atoms with E-state index in [9.17, 15) is 4.79 Å². The molecule has 0 heterocycles. The van der Waals surface area contributed by atoms with Gasteiger partial charge in [0.1, 0.15) is 0 Å². The summed E-state index contributed by atoms with van der Waals surface area (Å²) in [7, 11) is 0. The van der Waals surface area contributed by atoms with Gasteiger partial charge in [0.15, 0.2) is 5.78 Å². The molecule has 2 heteroatoms. The van der Waals surface area contributed by atoms with Crippen molar-refractivity contribution < 1.29 is 4.79 Å². The Morgan fingerprint density at radius 2 is 1.23 bits per heavy atom. The highest BCUT2D eigenvalue weighted by atomic mass is 35.5. The molecule has 0 atom stereocenters. The lowest BCUT2D eigenvalue weighted by Gasteiger charge is -2.12. The van der Waals surface area contributed by atoms with Crippen LogP contribution < -0.4 is 0 Å². The highest BCUT2D eigenvalue weighted by molar-refractivity contribution is 6.30. The molecule has 106 valence electrons. The van der Waals surface area contributed by atoms with Gasteiger partial charge >= 0.3 is 0 Å². The second-order valence-electron chi connectivity index (χ2n) is 5.48. The SMILES string of the molecule is O=C(c1ccc(Cl)cc1)C1c2ccccc2-c2ccccc21. The van der Waals surface area contributed by atoms with Crippen LogP contribution in [0.5, 0.6) is 0 Å². The number of carbonyl (C=O) groups is 1. The maximum absolute atomic E-state index is 13.0. The van der Waals surface area contributed by atoms with Gasteiger partial charge in [-0.3, -0.25) is 4.79 Å². The zero-order chi connectivity index (χ0) is 15.1. The Hall–Kier alpha value is -2.38. The molecule has 0 amide bonds. The van der Waals surface area contributed by atoms with Crippen molar-refractivity contribution in [3.63, 3.8) is 0 Å². The predicted molar refractivity (Wildman–Crippen MR) is 89.5 cm³/mol. The van der Waals surface area contributed by atoms with Gasteiger partial charge in [-0.2, -0.15) is 0 Å². The molecule has 0 spiro atoms. The third kappa shape index (κ3) is 1.98. The van der Waals surface area contributed by atoms with Crippen molar-refractivity contribution in [1.29, 1.82) is 0 Å². The number of hydrogen-bond acceptors (Lipinski definition) is 1. The minimum absolute atomic E-state index is 0.120. The van der Waals surface area contributed by atoms with Crippen molar-refractivity contribution in [2.75, 3.05) is 0 Å². The highest BCUT2D eigenvalue weighted by Crippen LogP contribution is 2.45. The molecule has 0 saturated heterocycles.